The molecule has 1 atom stereocenters. The summed E-state index contributed by atoms with van der Waals surface area (Å²) in [6.45, 7) is 5.13. The number of nitrogens with one attached hydrogen (secondary N) is 1. The van der Waals surface area contributed by atoms with Gasteiger partial charge in [-0.1, -0.05) is 6.92 Å². The Morgan fingerprint density at radius 3 is 2.66 bits per heavy atom. The molecule has 11 nitrogen and oxygen atoms in total. The molecule has 1 aliphatic heterocycles. The minimum absolute atomic E-state index is 0.219. The van der Waals surface area contributed by atoms with E-state index in [1.165, 1.54) is 17.3 Å². The van der Waals surface area contributed by atoms with Crippen molar-refractivity contribution in [3.8, 4) is 17.3 Å². The largest absolute Gasteiger partial charge is 0.481 e. The van der Waals surface area contributed by atoms with Gasteiger partial charge in [-0.15, -0.1) is 11.3 Å². The first-order chi connectivity index (χ1) is 18.5. The zero-order chi connectivity index (χ0) is 26.5. The van der Waals surface area contributed by atoms with E-state index in [1.54, 1.807) is 30.1 Å². The number of hydroxylamine groups is 1. The van der Waals surface area contributed by atoms with Gasteiger partial charge in [0.2, 0.25) is 5.88 Å². The molecule has 12 heteroatoms. The summed E-state index contributed by atoms with van der Waals surface area (Å²) in [4.78, 5) is 37.7. The summed E-state index contributed by atoms with van der Waals surface area (Å²) < 4.78 is 11.9. The molecule has 4 aromatic rings. The molecule has 0 saturated carbocycles. The summed E-state index contributed by atoms with van der Waals surface area (Å²) in [5, 5.41) is 8.73. The van der Waals surface area contributed by atoms with Crippen LogP contribution in [0.2, 0.25) is 0 Å². The molecule has 198 valence electrons. The number of hydrogen-bond acceptors (Lipinski definition) is 11. The number of amides is 1. The number of pyridine rings is 1. The van der Waals surface area contributed by atoms with Gasteiger partial charge in [0.05, 0.1) is 36.1 Å². The summed E-state index contributed by atoms with van der Waals surface area (Å²) >= 11 is 1.74. The maximum Gasteiger partial charge on any atom is 0.277 e. The van der Waals surface area contributed by atoms with Gasteiger partial charge in [-0.25, -0.2) is 30.4 Å². The van der Waals surface area contributed by atoms with Crippen LogP contribution in [0, 0.1) is 5.92 Å². The minimum atomic E-state index is -0.624. The summed E-state index contributed by atoms with van der Waals surface area (Å²) in [7, 11) is 1.59. The van der Waals surface area contributed by atoms with Gasteiger partial charge in [-0.3, -0.25) is 10.0 Å². The number of carbonyl (C=O) groups excluding carboxylic acids is 1. The summed E-state index contributed by atoms with van der Waals surface area (Å²) in [6, 6.07) is 5.91. The van der Waals surface area contributed by atoms with Crippen molar-refractivity contribution in [1.29, 1.82) is 0 Å². The van der Waals surface area contributed by atoms with Crippen LogP contribution in [0.15, 0.2) is 36.8 Å². The van der Waals surface area contributed by atoms with E-state index in [0.29, 0.717) is 43.1 Å². The van der Waals surface area contributed by atoms with Gasteiger partial charge in [0.1, 0.15) is 5.82 Å². The fraction of sp³-hybridized carbons (Fsp3) is 0.385. The van der Waals surface area contributed by atoms with Gasteiger partial charge < -0.3 is 14.4 Å². The highest BCUT2D eigenvalue weighted by molar-refractivity contribution is 7.19. The van der Waals surface area contributed by atoms with Gasteiger partial charge in [0, 0.05) is 54.6 Å². The number of nitrogens with zero attached hydrogens (tertiary/aromatic N) is 6. The fourth-order valence-corrected chi connectivity index (χ4v) is 5.58. The number of aryl methyl sites for hydroxylation is 1. The third kappa shape index (κ3) is 5.87. The van der Waals surface area contributed by atoms with Crippen molar-refractivity contribution in [1.82, 2.24) is 30.4 Å². The smallest absolute Gasteiger partial charge is 0.277 e. The van der Waals surface area contributed by atoms with Crippen LogP contribution in [0.4, 0.5) is 5.82 Å². The number of ether oxygens (including phenoxy) is 2. The van der Waals surface area contributed by atoms with Gasteiger partial charge >= 0.3 is 0 Å². The standard InChI is InChI=1S/C26H29N7O4S/c1-16(3-5-21-27-14-18(15-28-21)26(34)32-35)11-19-12-20-23(38-19)25(33-7-9-37-10-8-33)31-24(30-20)17-4-6-22(36-2)29-13-17/h4,6,12-16,35H,3,5,7-11H2,1-2H3,(H,32,34). The van der Waals surface area contributed by atoms with Crippen LogP contribution in [0.3, 0.4) is 0 Å². The van der Waals surface area contributed by atoms with Gasteiger partial charge in [-0.05, 0) is 30.9 Å². The van der Waals surface area contributed by atoms with E-state index < -0.39 is 5.91 Å². The van der Waals surface area contributed by atoms with Gasteiger partial charge in [0.15, 0.2) is 11.6 Å². The summed E-state index contributed by atoms with van der Waals surface area (Å²) in [5.41, 5.74) is 3.58. The number of morpholine rings is 1. The quantitative estimate of drug-likeness (QED) is 0.243. The molecule has 1 fully saturated rings. The number of thiophene rings is 1. The van der Waals surface area contributed by atoms with Crippen LogP contribution >= 0.6 is 11.3 Å². The molecule has 0 radical (unpaired) electrons. The number of fused-ring (bicyclic) bond motifs is 1. The molecule has 1 unspecified atom stereocenters. The van der Waals surface area contributed by atoms with E-state index in [0.717, 1.165) is 47.5 Å². The van der Waals surface area contributed by atoms with Crippen molar-refractivity contribution >= 4 is 33.3 Å². The van der Waals surface area contributed by atoms with Crippen molar-refractivity contribution < 1.29 is 19.5 Å². The third-order valence-corrected chi connectivity index (χ3v) is 7.54. The van der Waals surface area contributed by atoms with Crippen LogP contribution in [0.25, 0.3) is 21.6 Å². The molecule has 0 aliphatic carbocycles. The number of rotatable bonds is 9. The fourth-order valence-electron chi connectivity index (χ4n) is 4.30. The molecule has 38 heavy (non-hydrogen) atoms. The predicted molar refractivity (Wildman–Crippen MR) is 143 cm³/mol. The lowest BCUT2D eigenvalue weighted by molar-refractivity contribution is 0.0705. The Hall–Kier alpha value is -3.74. The van der Waals surface area contributed by atoms with E-state index in [-0.39, 0.29) is 5.56 Å². The van der Waals surface area contributed by atoms with Crippen molar-refractivity contribution in [3.63, 3.8) is 0 Å². The monoisotopic (exact) mass is 535 g/mol. The van der Waals surface area contributed by atoms with E-state index >= 15 is 0 Å². The third-order valence-electron chi connectivity index (χ3n) is 6.40. The lowest BCUT2D eigenvalue weighted by Gasteiger charge is -2.28. The van der Waals surface area contributed by atoms with Crippen molar-refractivity contribution in [2.75, 3.05) is 38.3 Å². The molecule has 0 bridgehead atoms. The molecule has 4 aromatic heterocycles. The summed E-state index contributed by atoms with van der Waals surface area (Å²) in [6.07, 6.45) is 7.07. The Labute approximate surface area is 223 Å². The molecular weight excluding hydrogens is 506 g/mol. The summed E-state index contributed by atoms with van der Waals surface area (Å²) in [5.74, 6) is 2.56. The Bertz CT molecular complexity index is 1390. The lowest BCUT2D eigenvalue weighted by atomic mass is 10.0. The molecule has 0 spiro atoms. The number of aromatic nitrogens is 5. The zero-order valence-electron chi connectivity index (χ0n) is 21.3. The van der Waals surface area contributed by atoms with Crippen LogP contribution in [0.5, 0.6) is 5.88 Å². The molecule has 5 heterocycles. The first-order valence-electron chi connectivity index (χ1n) is 12.4. The van der Waals surface area contributed by atoms with Crippen LogP contribution in [-0.2, 0) is 17.6 Å². The highest BCUT2D eigenvalue weighted by atomic mass is 32.1. The van der Waals surface area contributed by atoms with Crippen molar-refractivity contribution in [2.45, 2.75) is 26.2 Å². The van der Waals surface area contributed by atoms with Crippen LogP contribution in [-0.4, -0.2) is 69.4 Å². The average molecular weight is 536 g/mol. The van der Waals surface area contributed by atoms with Gasteiger partial charge in [-0.2, -0.15) is 0 Å². The SMILES string of the molecule is COc1ccc(-c2nc(N3CCOCC3)c3sc(CC(C)CCc4ncc(C(=O)NO)cn4)cc3n2)cn1. The van der Waals surface area contributed by atoms with Gasteiger partial charge in [0.25, 0.3) is 5.91 Å². The molecule has 0 aromatic carbocycles. The van der Waals surface area contributed by atoms with E-state index in [1.807, 2.05) is 12.1 Å². The van der Waals surface area contributed by atoms with E-state index in [2.05, 4.69) is 32.8 Å². The van der Waals surface area contributed by atoms with E-state index in [9.17, 15) is 4.79 Å². The Kier molecular flexibility index (Phi) is 8.01. The molecular formula is C26H29N7O4S. The number of carbonyl (C=O) groups is 1. The molecule has 2 N–H and O–H groups in total. The topological polar surface area (TPSA) is 135 Å². The number of hydrogen-bond donors (Lipinski definition) is 2. The molecule has 1 aliphatic rings. The maximum absolute atomic E-state index is 11.5. The molecule has 1 amide bonds. The highest BCUT2D eigenvalue weighted by Gasteiger charge is 2.21. The second-order valence-electron chi connectivity index (χ2n) is 9.16. The minimum Gasteiger partial charge on any atom is -0.481 e. The Balaban J connectivity index is 1.35. The van der Waals surface area contributed by atoms with Crippen LogP contribution < -0.4 is 15.1 Å². The Morgan fingerprint density at radius 2 is 1.97 bits per heavy atom. The highest BCUT2D eigenvalue weighted by Crippen LogP contribution is 2.35. The predicted octanol–water partition coefficient (Wildman–Crippen LogP) is 3.32. The first kappa shape index (κ1) is 25.9. The Morgan fingerprint density at radius 1 is 1.18 bits per heavy atom. The maximum atomic E-state index is 11.5. The second-order valence-corrected chi connectivity index (χ2v) is 10.3. The zero-order valence-corrected chi connectivity index (χ0v) is 22.1. The second kappa shape index (κ2) is 11.8. The van der Waals surface area contributed by atoms with Crippen molar-refractivity contribution in [3.05, 3.63) is 53.1 Å². The van der Waals surface area contributed by atoms with Crippen LogP contribution in [0.1, 0.15) is 34.4 Å². The number of anilines is 1. The lowest BCUT2D eigenvalue weighted by Crippen LogP contribution is -2.36. The van der Waals surface area contributed by atoms with E-state index in [4.69, 9.17) is 24.6 Å². The first-order valence-corrected chi connectivity index (χ1v) is 13.2. The number of methoxy groups -OCH3 is 1. The molecule has 5 rings (SSSR count). The van der Waals surface area contributed by atoms with Crippen molar-refractivity contribution in [2.24, 2.45) is 5.92 Å². The normalized spacial score (nSPS) is 14.4. The average Bonchev–Trinajstić information content (AvgIpc) is 3.38. The molecule has 1 saturated heterocycles.